The summed E-state index contributed by atoms with van der Waals surface area (Å²) in [6.45, 7) is 0.239. The average molecular weight is 283 g/mol. The van der Waals surface area contributed by atoms with Gasteiger partial charge in [-0.3, -0.25) is 9.59 Å². The van der Waals surface area contributed by atoms with E-state index >= 15 is 0 Å². The smallest absolute Gasteiger partial charge is 0.307 e. The molecule has 5 nitrogen and oxygen atoms in total. The Bertz CT molecular complexity index is 476. The highest BCUT2D eigenvalue weighted by Crippen LogP contribution is 2.18. The maximum atomic E-state index is 13.4. The molecule has 1 aromatic carbocycles. The Balaban J connectivity index is 2.34. The molecule has 0 spiro atoms. The van der Waals surface area contributed by atoms with Gasteiger partial charge in [-0.2, -0.15) is 0 Å². The second kappa shape index (κ2) is 8.14. The van der Waals surface area contributed by atoms with Crippen LogP contribution in [0.2, 0.25) is 0 Å². The van der Waals surface area contributed by atoms with Crippen LogP contribution >= 0.6 is 0 Å². The van der Waals surface area contributed by atoms with Gasteiger partial charge in [-0.15, -0.1) is 0 Å². The van der Waals surface area contributed by atoms with Crippen molar-refractivity contribution in [3.05, 3.63) is 29.6 Å². The minimum atomic E-state index is -0.448. The number of ether oxygens (including phenoxy) is 2. The van der Waals surface area contributed by atoms with E-state index in [0.717, 1.165) is 0 Å². The standard InChI is InChI=1S/C14H18FNO4/c1-19-12-5-3-10(9-11(12)15)4-6-13(17)16-8-7-14(18)20-2/h3,5,9H,4,6-8H2,1-2H3,(H,16,17). The van der Waals surface area contributed by atoms with Gasteiger partial charge in [0.15, 0.2) is 11.6 Å². The van der Waals surface area contributed by atoms with Crippen LogP contribution < -0.4 is 10.1 Å². The molecule has 0 heterocycles. The van der Waals surface area contributed by atoms with E-state index in [9.17, 15) is 14.0 Å². The second-order valence-electron chi connectivity index (χ2n) is 4.14. The maximum Gasteiger partial charge on any atom is 0.307 e. The molecule has 0 bridgehead atoms. The molecule has 0 saturated heterocycles. The Morgan fingerprint density at radius 2 is 2.00 bits per heavy atom. The summed E-state index contributed by atoms with van der Waals surface area (Å²) in [7, 11) is 2.69. The highest BCUT2D eigenvalue weighted by atomic mass is 19.1. The number of hydrogen-bond donors (Lipinski definition) is 1. The van der Waals surface area contributed by atoms with Crippen LogP contribution in [0, 0.1) is 5.82 Å². The summed E-state index contributed by atoms with van der Waals surface area (Å²) in [5.74, 6) is -0.833. The number of benzene rings is 1. The zero-order chi connectivity index (χ0) is 15.0. The van der Waals surface area contributed by atoms with E-state index in [4.69, 9.17) is 4.74 Å². The van der Waals surface area contributed by atoms with E-state index in [0.29, 0.717) is 12.0 Å². The Kier molecular flexibility index (Phi) is 6.49. The molecule has 0 saturated carbocycles. The summed E-state index contributed by atoms with van der Waals surface area (Å²) >= 11 is 0. The van der Waals surface area contributed by atoms with Crippen LogP contribution in [0.5, 0.6) is 5.75 Å². The minimum Gasteiger partial charge on any atom is -0.494 e. The zero-order valence-electron chi connectivity index (χ0n) is 11.6. The van der Waals surface area contributed by atoms with Gasteiger partial charge in [0.25, 0.3) is 0 Å². The molecule has 110 valence electrons. The van der Waals surface area contributed by atoms with E-state index in [1.807, 2.05) is 0 Å². The van der Waals surface area contributed by atoms with Crippen molar-refractivity contribution in [1.29, 1.82) is 0 Å². The second-order valence-corrected chi connectivity index (χ2v) is 4.14. The molecule has 1 N–H and O–H groups in total. The van der Waals surface area contributed by atoms with Gasteiger partial charge in [0.05, 0.1) is 20.6 Å². The molecule has 0 radical (unpaired) electrons. The van der Waals surface area contributed by atoms with Crippen LogP contribution in [0.3, 0.4) is 0 Å². The van der Waals surface area contributed by atoms with Crippen LogP contribution in [0.25, 0.3) is 0 Å². The van der Waals surface area contributed by atoms with Crippen molar-refractivity contribution in [2.24, 2.45) is 0 Å². The number of carbonyl (C=O) groups excluding carboxylic acids is 2. The highest BCUT2D eigenvalue weighted by molar-refractivity contribution is 5.77. The van der Waals surface area contributed by atoms with Gasteiger partial charge < -0.3 is 14.8 Å². The summed E-state index contributed by atoms with van der Waals surface area (Å²) in [6.07, 6.45) is 0.789. The van der Waals surface area contributed by atoms with E-state index < -0.39 is 5.82 Å². The molecule has 20 heavy (non-hydrogen) atoms. The van der Waals surface area contributed by atoms with Crippen molar-refractivity contribution in [3.8, 4) is 5.75 Å². The van der Waals surface area contributed by atoms with E-state index in [1.54, 1.807) is 6.07 Å². The molecule has 0 aliphatic rings. The maximum absolute atomic E-state index is 13.4. The predicted octanol–water partition coefficient (Wildman–Crippen LogP) is 1.45. The molecule has 1 amide bonds. The van der Waals surface area contributed by atoms with Crippen molar-refractivity contribution < 1.29 is 23.5 Å². The molecule has 1 rings (SSSR count). The number of halogens is 1. The number of nitrogens with one attached hydrogen (secondary N) is 1. The summed E-state index contributed by atoms with van der Waals surface area (Å²) in [5, 5.41) is 2.60. The number of esters is 1. The third-order valence-corrected chi connectivity index (χ3v) is 2.74. The molecule has 0 aliphatic heterocycles. The monoisotopic (exact) mass is 283 g/mol. The lowest BCUT2D eigenvalue weighted by molar-refractivity contribution is -0.140. The lowest BCUT2D eigenvalue weighted by Crippen LogP contribution is -2.26. The molecule has 0 unspecified atom stereocenters. The van der Waals surface area contributed by atoms with Crippen molar-refractivity contribution in [3.63, 3.8) is 0 Å². The van der Waals surface area contributed by atoms with Gasteiger partial charge in [-0.05, 0) is 24.1 Å². The van der Waals surface area contributed by atoms with Gasteiger partial charge in [0, 0.05) is 13.0 Å². The van der Waals surface area contributed by atoms with Gasteiger partial charge >= 0.3 is 5.97 Å². The van der Waals surface area contributed by atoms with Gasteiger partial charge in [-0.1, -0.05) is 6.07 Å². The normalized spacial score (nSPS) is 9.95. The molecule has 0 fully saturated rings. The fraction of sp³-hybridized carbons (Fsp3) is 0.429. The average Bonchev–Trinajstić information content (AvgIpc) is 2.45. The van der Waals surface area contributed by atoms with Crippen LogP contribution in [0.1, 0.15) is 18.4 Å². The van der Waals surface area contributed by atoms with Crippen LogP contribution in [-0.4, -0.2) is 32.6 Å². The van der Waals surface area contributed by atoms with Gasteiger partial charge in [0.2, 0.25) is 5.91 Å². The molecule has 0 aliphatic carbocycles. The summed E-state index contributed by atoms with van der Waals surface area (Å²) < 4.78 is 22.7. The van der Waals surface area contributed by atoms with E-state index in [-0.39, 0.29) is 37.0 Å². The van der Waals surface area contributed by atoms with E-state index in [1.165, 1.54) is 26.4 Å². The predicted molar refractivity (Wildman–Crippen MR) is 70.9 cm³/mol. The Hall–Kier alpha value is -2.11. The number of rotatable bonds is 7. The number of methoxy groups -OCH3 is 2. The highest BCUT2D eigenvalue weighted by Gasteiger charge is 2.07. The van der Waals surface area contributed by atoms with Gasteiger partial charge in [0.1, 0.15) is 0 Å². The third kappa shape index (κ3) is 5.26. The van der Waals surface area contributed by atoms with Crippen molar-refractivity contribution in [1.82, 2.24) is 5.32 Å². The number of hydrogen-bond acceptors (Lipinski definition) is 4. The Morgan fingerprint density at radius 3 is 2.60 bits per heavy atom. The first-order valence-corrected chi connectivity index (χ1v) is 6.22. The number of carbonyl (C=O) groups is 2. The molecule has 0 atom stereocenters. The van der Waals surface area contributed by atoms with Crippen LogP contribution in [0.15, 0.2) is 18.2 Å². The van der Waals surface area contributed by atoms with Crippen molar-refractivity contribution in [2.75, 3.05) is 20.8 Å². The molecule has 1 aromatic rings. The lowest BCUT2D eigenvalue weighted by atomic mass is 10.1. The Labute approximate surface area is 117 Å². The van der Waals surface area contributed by atoms with Crippen molar-refractivity contribution >= 4 is 11.9 Å². The van der Waals surface area contributed by atoms with E-state index in [2.05, 4.69) is 10.1 Å². The molecule has 6 heteroatoms. The van der Waals surface area contributed by atoms with Crippen LogP contribution in [-0.2, 0) is 20.7 Å². The molecular weight excluding hydrogens is 265 g/mol. The first-order valence-electron chi connectivity index (χ1n) is 6.22. The SMILES string of the molecule is COC(=O)CCNC(=O)CCc1ccc(OC)c(F)c1. The van der Waals surface area contributed by atoms with Crippen molar-refractivity contribution in [2.45, 2.75) is 19.3 Å². The van der Waals surface area contributed by atoms with Crippen LogP contribution in [0.4, 0.5) is 4.39 Å². The first kappa shape index (κ1) is 15.9. The largest absolute Gasteiger partial charge is 0.494 e. The fourth-order valence-corrected chi connectivity index (χ4v) is 1.62. The third-order valence-electron chi connectivity index (χ3n) is 2.74. The first-order chi connectivity index (χ1) is 9.56. The topological polar surface area (TPSA) is 64.6 Å². The number of amides is 1. The molecular formula is C14H18FNO4. The minimum absolute atomic E-state index is 0.138. The fourth-order valence-electron chi connectivity index (χ4n) is 1.62. The molecule has 0 aromatic heterocycles. The summed E-state index contributed by atoms with van der Waals surface area (Å²) in [5.41, 5.74) is 0.714. The lowest BCUT2D eigenvalue weighted by Gasteiger charge is -2.06. The Morgan fingerprint density at radius 1 is 1.25 bits per heavy atom. The number of aryl methyl sites for hydroxylation is 1. The summed E-state index contributed by atoms with van der Waals surface area (Å²) in [6, 6.07) is 4.59. The zero-order valence-corrected chi connectivity index (χ0v) is 11.6. The quantitative estimate of drug-likeness (QED) is 0.769. The summed E-state index contributed by atoms with van der Waals surface area (Å²) in [4.78, 5) is 22.4. The van der Waals surface area contributed by atoms with Gasteiger partial charge in [-0.25, -0.2) is 4.39 Å².